The topological polar surface area (TPSA) is 59.2 Å². The molecular formula is C12H12F3N3O2S. The first-order valence-electron chi connectivity index (χ1n) is 6.05. The molecule has 2 aromatic heterocycles. The predicted molar refractivity (Wildman–Crippen MR) is 69.4 cm³/mol. The molecule has 0 saturated carbocycles. The number of amides is 1. The third-order valence-corrected chi connectivity index (χ3v) is 3.74. The summed E-state index contributed by atoms with van der Waals surface area (Å²) in [5.41, 5.74) is 0. The van der Waals surface area contributed by atoms with E-state index in [1.54, 1.807) is 31.0 Å². The number of nitrogens with zero attached hydrogens (tertiary/aromatic N) is 3. The van der Waals surface area contributed by atoms with Crippen molar-refractivity contribution in [3.05, 3.63) is 22.9 Å². The zero-order valence-corrected chi connectivity index (χ0v) is 12.1. The van der Waals surface area contributed by atoms with Gasteiger partial charge >= 0.3 is 12.1 Å². The fourth-order valence-electron chi connectivity index (χ4n) is 1.61. The van der Waals surface area contributed by atoms with Crippen molar-refractivity contribution in [3.8, 4) is 10.7 Å². The van der Waals surface area contributed by atoms with E-state index in [-0.39, 0.29) is 11.7 Å². The molecule has 0 aromatic carbocycles. The van der Waals surface area contributed by atoms with Gasteiger partial charge in [-0.1, -0.05) is 12.1 Å². The summed E-state index contributed by atoms with van der Waals surface area (Å²) in [5.74, 6) is -1.49. The molecule has 0 radical (unpaired) electrons. The van der Waals surface area contributed by atoms with Crippen molar-refractivity contribution >= 4 is 17.2 Å². The molecule has 0 spiro atoms. The zero-order valence-electron chi connectivity index (χ0n) is 11.3. The highest BCUT2D eigenvalue weighted by molar-refractivity contribution is 7.15. The van der Waals surface area contributed by atoms with E-state index in [1.165, 1.54) is 11.3 Å². The van der Waals surface area contributed by atoms with Gasteiger partial charge in [0, 0.05) is 18.3 Å². The molecule has 5 nitrogen and oxygen atoms in total. The molecule has 0 aliphatic carbocycles. The zero-order chi connectivity index (χ0) is 15.6. The Hall–Kier alpha value is -1.90. The average molecular weight is 319 g/mol. The lowest BCUT2D eigenvalue weighted by Crippen LogP contribution is -2.24. The van der Waals surface area contributed by atoms with Crippen molar-refractivity contribution < 1.29 is 22.5 Å². The summed E-state index contributed by atoms with van der Waals surface area (Å²) in [4.78, 5) is 17.6. The van der Waals surface area contributed by atoms with Gasteiger partial charge in [-0.05, 0) is 12.1 Å². The van der Waals surface area contributed by atoms with E-state index in [1.807, 2.05) is 0 Å². The lowest BCUT2D eigenvalue weighted by molar-refractivity contribution is -0.159. The van der Waals surface area contributed by atoms with E-state index in [9.17, 15) is 18.0 Å². The second-order valence-electron chi connectivity index (χ2n) is 4.29. The summed E-state index contributed by atoms with van der Waals surface area (Å²) in [6.45, 7) is 2.15. The standard InChI is InChI=1S/C12H12F3N3O2S/c1-3-9(19)18(2)6-7-4-5-8(21-7)10-16-11(20-17-10)12(13,14)15/h4-5H,3,6H2,1-2H3. The quantitative estimate of drug-likeness (QED) is 0.868. The van der Waals surface area contributed by atoms with Crippen LogP contribution in [0.15, 0.2) is 16.7 Å². The monoisotopic (exact) mass is 319 g/mol. The van der Waals surface area contributed by atoms with Crippen molar-refractivity contribution in [3.63, 3.8) is 0 Å². The molecular weight excluding hydrogens is 307 g/mol. The second-order valence-corrected chi connectivity index (χ2v) is 5.46. The molecule has 0 fully saturated rings. The van der Waals surface area contributed by atoms with E-state index in [2.05, 4.69) is 14.7 Å². The van der Waals surface area contributed by atoms with Gasteiger partial charge in [-0.25, -0.2) is 0 Å². The van der Waals surface area contributed by atoms with Gasteiger partial charge in [-0.2, -0.15) is 18.2 Å². The number of hydrogen-bond donors (Lipinski definition) is 0. The third-order valence-electron chi connectivity index (χ3n) is 2.67. The molecule has 21 heavy (non-hydrogen) atoms. The number of alkyl halides is 3. The molecule has 0 unspecified atom stereocenters. The Balaban J connectivity index is 2.13. The Morgan fingerprint density at radius 2 is 2.14 bits per heavy atom. The molecule has 9 heteroatoms. The van der Waals surface area contributed by atoms with Crippen LogP contribution in [0.4, 0.5) is 13.2 Å². The fraction of sp³-hybridized carbons (Fsp3) is 0.417. The summed E-state index contributed by atoms with van der Waals surface area (Å²) in [6, 6.07) is 3.33. The Bertz CT molecular complexity index is 636. The molecule has 2 aromatic rings. The predicted octanol–water partition coefficient (Wildman–Crippen LogP) is 3.19. The molecule has 1 amide bonds. The van der Waals surface area contributed by atoms with Gasteiger partial charge in [0.15, 0.2) is 0 Å². The fourth-order valence-corrected chi connectivity index (χ4v) is 2.60. The smallest absolute Gasteiger partial charge is 0.341 e. The van der Waals surface area contributed by atoms with E-state index < -0.39 is 12.1 Å². The van der Waals surface area contributed by atoms with Crippen LogP contribution in [0.25, 0.3) is 10.7 Å². The normalized spacial score (nSPS) is 11.7. The first kappa shape index (κ1) is 15.5. The molecule has 2 heterocycles. The first-order valence-corrected chi connectivity index (χ1v) is 6.87. The van der Waals surface area contributed by atoms with Crippen LogP contribution in [0.5, 0.6) is 0 Å². The van der Waals surface area contributed by atoms with E-state index in [0.29, 0.717) is 17.8 Å². The summed E-state index contributed by atoms with van der Waals surface area (Å²) in [6.07, 6.45) is -4.26. The van der Waals surface area contributed by atoms with Gasteiger partial charge in [-0.3, -0.25) is 4.79 Å². The number of carbonyl (C=O) groups is 1. The molecule has 2 rings (SSSR count). The Labute approximate surface area is 122 Å². The van der Waals surface area contributed by atoms with Crippen LogP contribution >= 0.6 is 11.3 Å². The van der Waals surface area contributed by atoms with Crippen LogP contribution in [0.3, 0.4) is 0 Å². The summed E-state index contributed by atoms with van der Waals surface area (Å²) in [5, 5.41) is 3.32. The van der Waals surface area contributed by atoms with Gasteiger partial charge in [0.05, 0.1) is 11.4 Å². The molecule has 0 aliphatic heterocycles. The van der Waals surface area contributed by atoms with E-state index >= 15 is 0 Å². The van der Waals surface area contributed by atoms with Crippen LogP contribution in [-0.2, 0) is 17.5 Å². The highest BCUT2D eigenvalue weighted by Gasteiger charge is 2.38. The lowest BCUT2D eigenvalue weighted by Gasteiger charge is -2.14. The first-order chi connectivity index (χ1) is 9.81. The molecule has 0 aliphatic rings. The van der Waals surface area contributed by atoms with Gasteiger partial charge in [0.1, 0.15) is 0 Å². The van der Waals surface area contributed by atoms with Crippen LogP contribution in [0.2, 0.25) is 0 Å². The van der Waals surface area contributed by atoms with Gasteiger partial charge in [-0.15, -0.1) is 11.3 Å². The summed E-state index contributed by atoms with van der Waals surface area (Å²) in [7, 11) is 1.67. The molecule has 114 valence electrons. The minimum atomic E-state index is -4.65. The maximum atomic E-state index is 12.4. The highest BCUT2D eigenvalue weighted by Crippen LogP contribution is 2.31. The SMILES string of the molecule is CCC(=O)N(C)Cc1ccc(-c2noc(C(F)(F)F)n2)s1. The largest absolute Gasteiger partial charge is 0.471 e. The van der Waals surface area contributed by atoms with Gasteiger partial charge < -0.3 is 9.42 Å². The second kappa shape index (κ2) is 5.84. The molecule has 0 saturated heterocycles. The minimum absolute atomic E-state index is 0.0103. The molecule has 0 bridgehead atoms. The molecule has 0 N–H and O–H groups in total. The van der Waals surface area contributed by atoms with Crippen LogP contribution in [0, 0.1) is 0 Å². The van der Waals surface area contributed by atoms with Gasteiger partial charge in [0.25, 0.3) is 0 Å². The molecule has 0 atom stereocenters. The average Bonchev–Trinajstić information content (AvgIpc) is 3.04. The maximum Gasteiger partial charge on any atom is 0.471 e. The summed E-state index contributed by atoms with van der Waals surface area (Å²) >= 11 is 1.22. The Morgan fingerprint density at radius 3 is 2.71 bits per heavy atom. The van der Waals surface area contributed by atoms with Crippen molar-refractivity contribution in [2.45, 2.75) is 26.1 Å². The van der Waals surface area contributed by atoms with E-state index in [0.717, 1.165) is 4.88 Å². The van der Waals surface area contributed by atoms with Crippen LogP contribution in [-0.4, -0.2) is 28.0 Å². The van der Waals surface area contributed by atoms with Crippen LogP contribution < -0.4 is 0 Å². The minimum Gasteiger partial charge on any atom is -0.341 e. The van der Waals surface area contributed by atoms with Crippen molar-refractivity contribution in [2.24, 2.45) is 0 Å². The summed E-state index contributed by atoms with van der Waals surface area (Å²) < 4.78 is 41.3. The number of rotatable bonds is 4. The number of hydrogen-bond acceptors (Lipinski definition) is 5. The van der Waals surface area contributed by atoms with Gasteiger partial charge in [0.2, 0.25) is 11.7 Å². The number of carbonyl (C=O) groups excluding carboxylic acids is 1. The Kier molecular flexibility index (Phi) is 4.31. The maximum absolute atomic E-state index is 12.4. The lowest BCUT2D eigenvalue weighted by atomic mass is 10.3. The Morgan fingerprint density at radius 1 is 1.43 bits per heavy atom. The van der Waals surface area contributed by atoms with Crippen molar-refractivity contribution in [2.75, 3.05) is 7.05 Å². The number of halogens is 3. The third kappa shape index (κ3) is 3.60. The van der Waals surface area contributed by atoms with E-state index in [4.69, 9.17) is 0 Å². The highest BCUT2D eigenvalue weighted by atomic mass is 32.1. The number of thiophene rings is 1. The van der Waals surface area contributed by atoms with Crippen molar-refractivity contribution in [1.29, 1.82) is 0 Å². The van der Waals surface area contributed by atoms with Crippen LogP contribution in [0.1, 0.15) is 24.1 Å². The van der Waals surface area contributed by atoms with Crippen molar-refractivity contribution in [1.82, 2.24) is 15.0 Å². The number of aromatic nitrogens is 2.